The van der Waals surface area contributed by atoms with E-state index < -0.39 is 0 Å². The topological polar surface area (TPSA) is 15.7 Å². The Morgan fingerprint density at radius 1 is 0.968 bits per heavy atom. The number of likely N-dealkylation sites (tertiary alicyclic amines) is 1. The van der Waals surface area contributed by atoms with Gasteiger partial charge in [0.25, 0.3) is 0 Å². The minimum absolute atomic E-state index is 0. The van der Waals surface area contributed by atoms with Gasteiger partial charge in [0.05, 0.1) is 28.5 Å². The lowest BCUT2D eigenvalue weighted by Crippen LogP contribution is -2.48. The van der Waals surface area contributed by atoms with Crippen LogP contribution in [0.3, 0.4) is 0 Å². The van der Waals surface area contributed by atoms with Crippen molar-refractivity contribution in [2.75, 3.05) is 31.2 Å². The van der Waals surface area contributed by atoms with E-state index in [0.717, 1.165) is 38.3 Å². The third kappa shape index (κ3) is 7.83. The summed E-state index contributed by atoms with van der Waals surface area (Å²) in [6, 6.07) is 16.3. The first-order chi connectivity index (χ1) is 14.3. The van der Waals surface area contributed by atoms with Crippen LogP contribution < -0.4 is 4.90 Å². The van der Waals surface area contributed by atoms with Crippen molar-refractivity contribution in [3.63, 3.8) is 0 Å². The first-order valence-electron chi connectivity index (χ1n) is 10.9. The number of para-hydroxylation sites is 1. The van der Waals surface area contributed by atoms with Gasteiger partial charge in [0.15, 0.2) is 0 Å². The zero-order chi connectivity index (χ0) is 21.6. The van der Waals surface area contributed by atoms with E-state index >= 15 is 0 Å². The van der Waals surface area contributed by atoms with Gasteiger partial charge in [-0.15, -0.1) is 12.4 Å². The van der Waals surface area contributed by atoms with Crippen LogP contribution >= 0.6 is 35.6 Å². The molecule has 1 atom stereocenters. The minimum atomic E-state index is 0. The number of hydrogen-bond donors (Lipinski definition) is 0. The summed E-state index contributed by atoms with van der Waals surface area (Å²) in [5, 5.41) is 1.39. The van der Waals surface area contributed by atoms with E-state index in [1.165, 1.54) is 18.4 Å². The van der Waals surface area contributed by atoms with Crippen molar-refractivity contribution in [3.05, 3.63) is 64.1 Å². The zero-order valence-corrected chi connectivity index (χ0v) is 21.1. The predicted molar refractivity (Wildman–Crippen MR) is 136 cm³/mol. The average Bonchev–Trinajstić information content (AvgIpc) is 3.22. The Morgan fingerprint density at radius 2 is 1.58 bits per heavy atom. The number of benzene rings is 2. The molecule has 0 spiro atoms. The van der Waals surface area contributed by atoms with Gasteiger partial charge in [-0.3, -0.25) is 4.90 Å². The van der Waals surface area contributed by atoms with E-state index in [0.29, 0.717) is 16.7 Å². The standard InChI is InChI=1S/C25H34Cl2N2O.ClH/c1-25(2,3)19-30-17-14-23(28-15-7-8-16-28)29(18-20-10-5-4-6-11-20)24-21(26)12-9-13-22(24)27;/h4-6,9-13,23H,7-8,14-19H2,1-3H3;1H. The second kappa shape index (κ2) is 12.3. The summed E-state index contributed by atoms with van der Waals surface area (Å²) in [6.07, 6.45) is 3.55. The number of hydrogen-bond acceptors (Lipinski definition) is 3. The van der Waals surface area contributed by atoms with Gasteiger partial charge in [-0.2, -0.15) is 0 Å². The molecule has 31 heavy (non-hydrogen) atoms. The number of ether oxygens (including phenoxy) is 1. The van der Waals surface area contributed by atoms with Crippen LogP contribution in [0, 0.1) is 5.41 Å². The SMILES string of the molecule is CC(C)(C)COCCC(N1CCCC1)N(Cc1ccccc1)c1c(Cl)cccc1Cl.Cl. The van der Waals surface area contributed by atoms with Crippen molar-refractivity contribution in [2.24, 2.45) is 5.41 Å². The van der Waals surface area contributed by atoms with Crippen molar-refractivity contribution < 1.29 is 4.74 Å². The normalized spacial score (nSPS) is 15.5. The van der Waals surface area contributed by atoms with Gasteiger partial charge in [-0.05, 0) is 36.0 Å². The molecule has 1 unspecified atom stereocenters. The van der Waals surface area contributed by atoms with E-state index in [4.69, 9.17) is 27.9 Å². The van der Waals surface area contributed by atoms with Gasteiger partial charge in [-0.1, -0.05) is 80.4 Å². The second-order valence-corrected chi connectivity index (χ2v) is 10.1. The first kappa shape index (κ1) is 26.3. The molecule has 2 aromatic carbocycles. The molecule has 0 N–H and O–H groups in total. The Morgan fingerprint density at radius 3 is 2.16 bits per heavy atom. The van der Waals surface area contributed by atoms with Crippen molar-refractivity contribution in [1.82, 2.24) is 4.90 Å². The maximum Gasteiger partial charge on any atom is 0.0847 e. The molecule has 0 aliphatic carbocycles. The number of nitrogens with zero attached hydrogens (tertiary/aromatic N) is 2. The Labute approximate surface area is 204 Å². The monoisotopic (exact) mass is 484 g/mol. The molecule has 1 aliphatic rings. The predicted octanol–water partition coefficient (Wildman–Crippen LogP) is 7.30. The third-order valence-electron chi connectivity index (χ3n) is 5.40. The highest BCUT2D eigenvalue weighted by molar-refractivity contribution is 6.39. The number of rotatable bonds is 9. The molecule has 0 amide bonds. The Kier molecular flexibility index (Phi) is 10.4. The molecule has 1 fully saturated rings. The molecule has 1 heterocycles. The lowest BCUT2D eigenvalue weighted by Gasteiger charge is -2.40. The highest BCUT2D eigenvalue weighted by atomic mass is 35.5. The second-order valence-electron chi connectivity index (χ2n) is 9.31. The third-order valence-corrected chi connectivity index (χ3v) is 6.01. The Hall–Kier alpha value is -0.970. The van der Waals surface area contributed by atoms with Crippen molar-refractivity contribution in [2.45, 2.75) is 52.7 Å². The van der Waals surface area contributed by atoms with Crippen molar-refractivity contribution >= 4 is 41.3 Å². The summed E-state index contributed by atoms with van der Waals surface area (Å²) < 4.78 is 6.07. The summed E-state index contributed by atoms with van der Waals surface area (Å²) in [7, 11) is 0. The van der Waals surface area contributed by atoms with Crippen molar-refractivity contribution in [3.8, 4) is 0 Å². The molecular formula is C25H35Cl3N2O. The average molecular weight is 486 g/mol. The van der Waals surface area contributed by atoms with E-state index in [1.54, 1.807) is 0 Å². The van der Waals surface area contributed by atoms with Gasteiger partial charge in [0.2, 0.25) is 0 Å². The molecule has 2 aromatic rings. The number of anilines is 1. The van der Waals surface area contributed by atoms with Gasteiger partial charge in [-0.25, -0.2) is 0 Å². The molecule has 172 valence electrons. The fraction of sp³-hybridized carbons (Fsp3) is 0.520. The Balaban J connectivity index is 0.00000341. The molecule has 0 saturated carbocycles. The van der Waals surface area contributed by atoms with Crippen LogP contribution in [0.5, 0.6) is 0 Å². The lowest BCUT2D eigenvalue weighted by molar-refractivity contribution is 0.0548. The van der Waals surface area contributed by atoms with E-state index in [-0.39, 0.29) is 24.0 Å². The van der Waals surface area contributed by atoms with Crippen LogP contribution in [-0.2, 0) is 11.3 Å². The van der Waals surface area contributed by atoms with Crippen LogP contribution in [0.4, 0.5) is 5.69 Å². The Bertz CT molecular complexity index is 769. The van der Waals surface area contributed by atoms with E-state index in [2.05, 4.69) is 60.9 Å². The number of halogens is 3. The maximum absolute atomic E-state index is 6.69. The molecule has 0 bridgehead atoms. The molecule has 6 heteroatoms. The summed E-state index contributed by atoms with van der Waals surface area (Å²) in [6.45, 7) is 11.0. The van der Waals surface area contributed by atoms with Crippen LogP contribution in [-0.4, -0.2) is 37.4 Å². The fourth-order valence-electron chi connectivity index (χ4n) is 4.02. The first-order valence-corrected chi connectivity index (χ1v) is 11.7. The van der Waals surface area contributed by atoms with Crippen LogP contribution in [0.2, 0.25) is 10.0 Å². The van der Waals surface area contributed by atoms with E-state index in [9.17, 15) is 0 Å². The summed E-state index contributed by atoms with van der Waals surface area (Å²) in [5.74, 6) is 0. The van der Waals surface area contributed by atoms with E-state index in [1.807, 2.05) is 18.2 Å². The largest absolute Gasteiger partial charge is 0.381 e. The molecule has 3 rings (SSSR count). The summed E-state index contributed by atoms with van der Waals surface area (Å²) in [4.78, 5) is 4.94. The summed E-state index contributed by atoms with van der Waals surface area (Å²) in [5.41, 5.74) is 2.32. The fourth-order valence-corrected chi connectivity index (χ4v) is 4.63. The molecular weight excluding hydrogens is 451 g/mol. The smallest absolute Gasteiger partial charge is 0.0847 e. The van der Waals surface area contributed by atoms with Crippen LogP contribution in [0.25, 0.3) is 0 Å². The molecule has 1 saturated heterocycles. The van der Waals surface area contributed by atoms with Gasteiger partial charge in [0, 0.05) is 32.7 Å². The minimum Gasteiger partial charge on any atom is -0.381 e. The summed E-state index contributed by atoms with van der Waals surface area (Å²) >= 11 is 13.4. The highest BCUT2D eigenvalue weighted by Crippen LogP contribution is 2.37. The molecule has 0 aromatic heterocycles. The van der Waals surface area contributed by atoms with Gasteiger partial charge >= 0.3 is 0 Å². The van der Waals surface area contributed by atoms with Crippen LogP contribution in [0.1, 0.15) is 45.6 Å². The maximum atomic E-state index is 6.69. The lowest BCUT2D eigenvalue weighted by atomic mass is 9.99. The van der Waals surface area contributed by atoms with Gasteiger partial charge < -0.3 is 9.64 Å². The molecule has 0 radical (unpaired) electrons. The highest BCUT2D eigenvalue weighted by Gasteiger charge is 2.30. The molecule has 3 nitrogen and oxygen atoms in total. The quantitative estimate of drug-likeness (QED) is 0.347. The molecule has 1 aliphatic heterocycles. The van der Waals surface area contributed by atoms with Crippen molar-refractivity contribution in [1.29, 1.82) is 0 Å². The van der Waals surface area contributed by atoms with Gasteiger partial charge in [0.1, 0.15) is 0 Å². The zero-order valence-electron chi connectivity index (χ0n) is 18.8. The van der Waals surface area contributed by atoms with Crippen LogP contribution in [0.15, 0.2) is 48.5 Å².